The van der Waals surface area contributed by atoms with E-state index in [1.54, 1.807) is 0 Å². The quantitative estimate of drug-likeness (QED) is 0.743. The zero-order chi connectivity index (χ0) is 14.1. The van der Waals surface area contributed by atoms with Crippen molar-refractivity contribution in [2.24, 2.45) is 4.99 Å². The van der Waals surface area contributed by atoms with E-state index in [1.165, 1.54) is 42.9 Å². The Balaban J connectivity index is 1.71. The van der Waals surface area contributed by atoms with Gasteiger partial charge in [0.1, 0.15) is 5.84 Å². The smallest absolute Gasteiger partial charge is 0.127 e. The van der Waals surface area contributed by atoms with E-state index < -0.39 is 0 Å². The zero-order valence-electron chi connectivity index (χ0n) is 12.5. The first kappa shape index (κ1) is 13.1. The standard InChI is InChI=1S/C17H24N4/c1-2-6-13(5-1)19-16-17(9-11-18-12-10-17)21-15-8-4-3-7-14(15)20-16/h3-4,7-8,13,18,21H,1-2,5-6,9-12H2,(H,19,20). The molecule has 4 heteroatoms. The molecule has 0 bridgehead atoms. The van der Waals surface area contributed by atoms with Crippen LogP contribution in [0, 0.1) is 0 Å². The third-order valence-corrected chi connectivity index (χ3v) is 5.10. The Morgan fingerprint density at radius 2 is 1.71 bits per heavy atom. The number of piperidine rings is 1. The number of nitrogens with one attached hydrogen (secondary N) is 3. The number of para-hydroxylation sites is 2. The Morgan fingerprint density at radius 3 is 2.48 bits per heavy atom. The zero-order valence-corrected chi connectivity index (χ0v) is 12.5. The van der Waals surface area contributed by atoms with Gasteiger partial charge < -0.3 is 16.0 Å². The molecule has 3 N–H and O–H groups in total. The highest BCUT2D eigenvalue weighted by Crippen LogP contribution is 2.36. The lowest BCUT2D eigenvalue weighted by Crippen LogP contribution is -2.58. The monoisotopic (exact) mass is 284 g/mol. The Bertz CT molecular complexity index is 539. The number of rotatable bonds is 1. The van der Waals surface area contributed by atoms with Crippen LogP contribution in [-0.2, 0) is 0 Å². The van der Waals surface area contributed by atoms with Gasteiger partial charge in [0.2, 0.25) is 0 Å². The van der Waals surface area contributed by atoms with Gasteiger partial charge in [-0.1, -0.05) is 25.0 Å². The van der Waals surface area contributed by atoms with Crippen LogP contribution < -0.4 is 16.0 Å². The molecule has 0 radical (unpaired) electrons. The predicted octanol–water partition coefficient (Wildman–Crippen LogP) is 2.99. The molecule has 1 saturated heterocycles. The fourth-order valence-electron chi connectivity index (χ4n) is 3.85. The minimum atomic E-state index is 0.00218. The third-order valence-electron chi connectivity index (χ3n) is 5.10. The summed E-state index contributed by atoms with van der Waals surface area (Å²) in [6.07, 6.45) is 7.36. The van der Waals surface area contributed by atoms with Crippen LogP contribution in [0.1, 0.15) is 38.5 Å². The molecule has 1 aromatic rings. The maximum absolute atomic E-state index is 5.13. The van der Waals surface area contributed by atoms with Crippen LogP contribution in [0.3, 0.4) is 0 Å². The summed E-state index contributed by atoms with van der Waals surface area (Å²) >= 11 is 0. The highest BCUT2D eigenvalue weighted by atomic mass is 15.2. The summed E-state index contributed by atoms with van der Waals surface area (Å²) in [6, 6.07) is 9.01. The second-order valence-corrected chi connectivity index (χ2v) is 6.54. The maximum atomic E-state index is 5.13. The summed E-state index contributed by atoms with van der Waals surface area (Å²) < 4.78 is 0. The topological polar surface area (TPSA) is 48.5 Å². The molecular formula is C17H24N4. The van der Waals surface area contributed by atoms with Crippen molar-refractivity contribution in [3.63, 3.8) is 0 Å². The molecule has 4 nitrogen and oxygen atoms in total. The average Bonchev–Trinajstić information content (AvgIpc) is 3.02. The van der Waals surface area contributed by atoms with Crippen molar-refractivity contribution in [2.45, 2.75) is 50.1 Å². The van der Waals surface area contributed by atoms with E-state index in [2.05, 4.69) is 40.2 Å². The molecule has 3 aliphatic rings. The van der Waals surface area contributed by atoms with Crippen molar-refractivity contribution in [1.29, 1.82) is 0 Å². The van der Waals surface area contributed by atoms with Crippen LogP contribution in [0.15, 0.2) is 29.3 Å². The molecule has 1 aromatic carbocycles. The maximum Gasteiger partial charge on any atom is 0.127 e. The second-order valence-electron chi connectivity index (χ2n) is 6.54. The summed E-state index contributed by atoms with van der Waals surface area (Å²) in [5.41, 5.74) is 2.38. The molecule has 2 aliphatic heterocycles. The Morgan fingerprint density at radius 1 is 1.00 bits per heavy atom. The Labute approximate surface area is 126 Å². The van der Waals surface area contributed by atoms with Crippen LogP contribution >= 0.6 is 0 Å². The molecule has 1 saturated carbocycles. The van der Waals surface area contributed by atoms with Gasteiger partial charge >= 0.3 is 0 Å². The van der Waals surface area contributed by atoms with E-state index in [9.17, 15) is 0 Å². The number of hydrogen-bond donors (Lipinski definition) is 3. The van der Waals surface area contributed by atoms with Crippen LogP contribution in [0.4, 0.5) is 11.4 Å². The molecule has 0 unspecified atom stereocenters. The summed E-state index contributed by atoms with van der Waals surface area (Å²) in [5, 5.41) is 10.9. The van der Waals surface area contributed by atoms with Crippen molar-refractivity contribution in [2.75, 3.05) is 23.7 Å². The number of amidine groups is 1. The van der Waals surface area contributed by atoms with Gasteiger partial charge in [0.15, 0.2) is 0 Å². The van der Waals surface area contributed by atoms with E-state index in [-0.39, 0.29) is 5.54 Å². The summed E-state index contributed by atoms with van der Waals surface area (Å²) in [5.74, 6) is 1.18. The lowest BCUT2D eigenvalue weighted by atomic mass is 9.84. The van der Waals surface area contributed by atoms with Gasteiger partial charge in [0, 0.05) is 0 Å². The first-order chi connectivity index (χ1) is 10.4. The molecule has 0 amide bonds. The Hall–Kier alpha value is -1.55. The number of fused-ring (bicyclic) bond motifs is 1. The van der Waals surface area contributed by atoms with Gasteiger partial charge in [-0.3, -0.25) is 4.99 Å². The lowest BCUT2D eigenvalue weighted by molar-refractivity contribution is 0.418. The molecule has 0 aromatic heterocycles. The highest BCUT2D eigenvalue weighted by molar-refractivity contribution is 6.09. The van der Waals surface area contributed by atoms with Gasteiger partial charge in [0.25, 0.3) is 0 Å². The van der Waals surface area contributed by atoms with Crippen molar-refractivity contribution >= 4 is 17.2 Å². The molecule has 2 heterocycles. The molecule has 0 atom stereocenters. The minimum absolute atomic E-state index is 0.00218. The van der Waals surface area contributed by atoms with Crippen molar-refractivity contribution in [1.82, 2.24) is 5.32 Å². The van der Waals surface area contributed by atoms with Crippen molar-refractivity contribution in [3.8, 4) is 0 Å². The van der Waals surface area contributed by atoms with Gasteiger partial charge in [-0.25, -0.2) is 0 Å². The number of aliphatic imine (C=N–C) groups is 1. The van der Waals surface area contributed by atoms with Gasteiger partial charge in [-0.05, 0) is 50.9 Å². The average molecular weight is 284 g/mol. The van der Waals surface area contributed by atoms with Crippen LogP contribution in [0.5, 0.6) is 0 Å². The second kappa shape index (κ2) is 5.34. The molecule has 1 aliphatic carbocycles. The first-order valence-electron chi connectivity index (χ1n) is 8.29. The molecule has 2 fully saturated rings. The molecule has 4 rings (SSSR count). The fourth-order valence-corrected chi connectivity index (χ4v) is 3.85. The van der Waals surface area contributed by atoms with Gasteiger partial charge in [-0.2, -0.15) is 0 Å². The third kappa shape index (κ3) is 2.42. The summed E-state index contributed by atoms with van der Waals surface area (Å²) in [7, 11) is 0. The number of hydrogen-bond acceptors (Lipinski definition) is 3. The minimum Gasteiger partial charge on any atom is -0.371 e. The van der Waals surface area contributed by atoms with Crippen molar-refractivity contribution in [3.05, 3.63) is 24.3 Å². The van der Waals surface area contributed by atoms with Gasteiger partial charge in [-0.15, -0.1) is 0 Å². The molecule has 112 valence electrons. The number of nitrogens with zero attached hydrogens (tertiary/aromatic N) is 1. The largest absolute Gasteiger partial charge is 0.371 e. The van der Waals surface area contributed by atoms with Gasteiger partial charge in [0.05, 0.1) is 23.0 Å². The first-order valence-corrected chi connectivity index (χ1v) is 8.29. The van der Waals surface area contributed by atoms with Crippen LogP contribution in [-0.4, -0.2) is 30.5 Å². The normalized spacial score (nSPS) is 26.4. The van der Waals surface area contributed by atoms with E-state index in [4.69, 9.17) is 4.99 Å². The SMILES string of the molecule is c1ccc2c(c1)NC(=NC1CCCC1)C1(CCNCC1)N2. The molecule has 1 spiro atoms. The summed E-state index contributed by atoms with van der Waals surface area (Å²) in [4.78, 5) is 5.13. The molecular weight excluding hydrogens is 260 g/mol. The molecule has 21 heavy (non-hydrogen) atoms. The van der Waals surface area contributed by atoms with Crippen LogP contribution in [0.2, 0.25) is 0 Å². The van der Waals surface area contributed by atoms with Crippen molar-refractivity contribution < 1.29 is 0 Å². The van der Waals surface area contributed by atoms with E-state index >= 15 is 0 Å². The fraction of sp³-hybridized carbons (Fsp3) is 0.588. The van der Waals surface area contributed by atoms with E-state index in [1.807, 2.05) is 0 Å². The summed E-state index contributed by atoms with van der Waals surface area (Å²) in [6.45, 7) is 2.11. The number of anilines is 2. The number of benzene rings is 1. The van der Waals surface area contributed by atoms with Crippen LogP contribution in [0.25, 0.3) is 0 Å². The van der Waals surface area contributed by atoms with E-state index in [0.717, 1.165) is 25.9 Å². The predicted molar refractivity (Wildman–Crippen MR) is 88.2 cm³/mol. The lowest BCUT2D eigenvalue weighted by Gasteiger charge is -2.44. The Kier molecular flexibility index (Phi) is 3.34. The van der Waals surface area contributed by atoms with E-state index in [0.29, 0.717) is 6.04 Å². The highest BCUT2D eigenvalue weighted by Gasteiger charge is 2.41.